The van der Waals surface area contributed by atoms with Gasteiger partial charge in [-0.3, -0.25) is 14.3 Å². The molecule has 5 atom stereocenters. The second-order valence-electron chi connectivity index (χ2n) is 8.76. The van der Waals surface area contributed by atoms with Crippen LogP contribution in [-0.4, -0.2) is 48.3 Å². The number of carbonyl (C=O) groups is 3. The summed E-state index contributed by atoms with van der Waals surface area (Å²) in [6, 6.07) is 0. The molecular weight excluding hydrogens is 416 g/mol. The molecule has 0 amide bonds. The summed E-state index contributed by atoms with van der Waals surface area (Å²) in [6.07, 6.45) is 6.58. The zero-order chi connectivity index (χ0) is 23.5. The predicted molar refractivity (Wildman–Crippen MR) is 114 cm³/mol. The van der Waals surface area contributed by atoms with Crippen LogP contribution in [0.4, 0.5) is 0 Å². The molecule has 0 aliphatic carbocycles. The van der Waals surface area contributed by atoms with Gasteiger partial charge in [-0.1, -0.05) is 23.3 Å². The summed E-state index contributed by atoms with van der Waals surface area (Å²) in [4.78, 5) is 35.5. The molecule has 8 nitrogen and oxygen atoms in total. The van der Waals surface area contributed by atoms with E-state index in [0.717, 1.165) is 19.3 Å². The van der Waals surface area contributed by atoms with E-state index in [1.807, 2.05) is 0 Å². The van der Waals surface area contributed by atoms with E-state index in [1.54, 1.807) is 0 Å². The van der Waals surface area contributed by atoms with Gasteiger partial charge < -0.3 is 18.9 Å². The Labute approximate surface area is 188 Å². The minimum Gasteiger partial charge on any atom is -0.455 e. The third-order valence-corrected chi connectivity index (χ3v) is 5.72. The highest BCUT2D eigenvalue weighted by Crippen LogP contribution is 2.50. The topological polar surface area (TPSA) is 101 Å². The molecule has 0 N–H and O–H groups in total. The lowest BCUT2D eigenvalue weighted by molar-refractivity contribution is -0.204. The number of carbonyl (C=O) groups excluding carboxylic acids is 3. The van der Waals surface area contributed by atoms with Gasteiger partial charge in [0.1, 0.15) is 12.2 Å². The van der Waals surface area contributed by atoms with Gasteiger partial charge in [0.25, 0.3) is 0 Å². The predicted octanol–water partition coefficient (Wildman–Crippen LogP) is 3.65. The molecule has 3 rings (SSSR count). The van der Waals surface area contributed by atoms with Crippen LogP contribution in [0.5, 0.6) is 0 Å². The van der Waals surface area contributed by atoms with Gasteiger partial charge in [0, 0.05) is 25.8 Å². The second kappa shape index (κ2) is 10.0. The Balaban J connectivity index is 1.58. The van der Waals surface area contributed by atoms with Crippen LogP contribution in [-0.2, 0) is 38.1 Å². The molecule has 0 radical (unpaired) electrons. The van der Waals surface area contributed by atoms with Gasteiger partial charge in [-0.15, -0.1) is 0 Å². The molecule has 32 heavy (non-hydrogen) atoms. The highest BCUT2D eigenvalue weighted by Gasteiger charge is 2.67. The SMILES string of the molecule is CC(=O)OC1C=C([C@H]2C[C@H]3O[C@@]3(CC/C=C(\C)CCC=C(C)C)C(=O)O2)C(OC(C)=O)O1. The highest BCUT2D eigenvalue weighted by molar-refractivity contribution is 5.85. The van der Waals surface area contributed by atoms with Crippen molar-refractivity contribution < 1.29 is 38.1 Å². The van der Waals surface area contributed by atoms with Crippen molar-refractivity contribution in [3.63, 3.8) is 0 Å². The van der Waals surface area contributed by atoms with Crippen LogP contribution in [0.25, 0.3) is 0 Å². The lowest BCUT2D eigenvalue weighted by Crippen LogP contribution is -2.41. The Morgan fingerprint density at radius 1 is 1.09 bits per heavy atom. The van der Waals surface area contributed by atoms with Crippen LogP contribution >= 0.6 is 0 Å². The molecule has 8 heteroatoms. The molecular formula is C24H32O8. The van der Waals surface area contributed by atoms with Crippen molar-refractivity contribution in [3.8, 4) is 0 Å². The van der Waals surface area contributed by atoms with Crippen LogP contribution in [0.2, 0.25) is 0 Å². The van der Waals surface area contributed by atoms with Crippen molar-refractivity contribution in [3.05, 3.63) is 34.9 Å². The van der Waals surface area contributed by atoms with Gasteiger partial charge in [0.15, 0.2) is 5.60 Å². The lowest BCUT2D eigenvalue weighted by atomic mass is 9.90. The molecule has 0 aromatic heterocycles. The zero-order valence-electron chi connectivity index (χ0n) is 19.3. The van der Waals surface area contributed by atoms with Crippen molar-refractivity contribution in [1.29, 1.82) is 0 Å². The first-order valence-corrected chi connectivity index (χ1v) is 11.0. The van der Waals surface area contributed by atoms with Crippen LogP contribution in [0.15, 0.2) is 34.9 Å². The molecule has 2 saturated heterocycles. The van der Waals surface area contributed by atoms with E-state index in [0.29, 0.717) is 18.4 Å². The van der Waals surface area contributed by atoms with Crippen LogP contribution in [0.3, 0.4) is 0 Å². The molecule has 0 spiro atoms. The Hall–Kier alpha value is -2.45. The number of hydrogen-bond acceptors (Lipinski definition) is 8. The third kappa shape index (κ3) is 5.86. The zero-order valence-corrected chi connectivity index (χ0v) is 19.3. The molecule has 0 aromatic rings. The molecule has 0 aromatic carbocycles. The summed E-state index contributed by atoms with van der Waals surface area (Å²) >= 11 is 0. The van der Waals surface area contributed by atoms with Crippen LogP contribution < -0.4 is 0 Å². The standard InChI is InChI=1S/C24H32O8/c1-14(2)8-6-9-15(3)10-7-11-24-20(32-24)13-19(30-23(24)27)18-12-21(28-16(4)25)31-22(18)29-17(5)26/h8,10,12,19-22H,6-7,9,11,13H2,1-5H3/b15-10+/t19-,20-,21?,22?,24-/m1/s1. The summed E-state index contributed by atoms with van der Waals surface area (Å²) in [6.45, 7) is 8.77. The number of esters is 3. The molecule has 2 unspecified atom stereocenters. The van der Waals surface area contributed by atoms with Crippen molar-refractivity contribution in [2.24, 2.45) is 0 Å². The monoisotopic (exact) mass is 448 g/mol. The molecule has 3 heterocycles. The smallest absolute Gasteiger partial charge is 0.341 e. The largest absolute Gasteiger partial charge is 0.455 e. The van der Waals surface area contributed by atoms with Gasteiger partial charge in [0.2, 0.25) is 12.6 Å². The van der Waals surface area contributed by atoms with Crippen molar-refractivity contribution in [2.45, 2.75) is 97.1 Å². The van der Waals surface area contributed by atoms with Crippen molar-refractivity contribution in [1.82, 2.24) is 0 Å². The number of hydrogen-bond donors (Lipinski definition) is 0. The summed E-state index contributed by atoms with van der Waals surface area (Å²) in [7, 11) is 0. The number of ether oxygens (including phenoxy) is 5. The average molecular weight is 449 g/mol. The fourth-order valence-corrected chi connectivity index (χ4v) is 4.07. The molecule has 3 aliphatic rings. The fourth-order valence-electron chi connectivity index (χ4n) is 4.07. The van der Waals surface area contributed by atoms with Gasteiger partial charge in [-0.25, -0.2) is 4.79 Å². The number of allylic oxidation sites excluding steroid dienone is 4. The molecule has 3 aliphatic heterocycles. The maximum Gasteiger partial charge on any atom is 0.341 e. The Morgan fingerprint density at radius 3 is 2.44 bits per heavy atom. The summed E-state index contributed by atoms with van der Waals surface area (Å²) < 4.78 is 27.1. The molecule has 176 valence electrons. The maximum atomic E-state index is 12.8. The van der Waals surface area contributed by atoms with Gasteiger partial charge in [-0.05, 0) is 52.5 Å². The van der Waals surface area contributed by atoms with E-state index in [9.17, 15) is 14.4 Å². The Morgan fingerprint density at radius 2 is 1.81 bits per heavy atom. The van der Waals surface area contributed by atoms with Gasteiger partial charge in [0.05, 0.1) is 0 Å². The van der Waals surface area contributed by atoms with E-state index >= 15 is 0 Å². The average Bonchev–Trinajstić information content (AvgIpc) is 3.27. The first kappa shape index (κ1) is 24.2. The van der Waals surface area contributed by atoms with E-state index in [2.05, 4.69) is 32.9 Å². The molecule has 0 saturated carbocycles. The van der Waals surface area contributed by atoms with Gasteiger partial charge in [-0.2, -0.15) is 0 Å². The quantitative estimate of drug-likeness (QED) is 0.228. The number of fused-ring (bicyclic) bond motifs is 1. The van der Waals surface area contributed by atoms with E-state index in [-0.39, 0.29) is 6.10 Å². The second-order valence-corrected chi connectivity index (χ2v) is 8.76. The lowest BCUT2D eigenvalue weighted by Gasteiger charge is -2.27. The minimum atomic E-state index is -1.08. The van der Waals surface area contributed by atoms with Crippen molar-refractivity contribution in [2.75, 3.05) is 0 Å². The Bertz CT molecular complexity index is 850. The first-order valence-electron chi connectivity index (χ1n) is 11.0. The summed E-state index contributed by atoms with van der Waals surface area (Å²) in [5.74, 6) is -1.52. The van der Waals surface area contributed by atoms with E-state index in [4.69, 9.17) is 23.7 Å². The Kier molecular flexibility index (Phi) is 7.56. The van der Waals surface area contributed by atoms with Crippen molar-refractivity contribution >= 4 is 17.9 Å². The maximum absolute atomic E-state index is 12.8. The molecule has 2 fully saturated rings. The third-order valence-electron chi connectivity index (χ3n) is 5.72. The van der Waals surface area contributed by atoms with Crippen LogP contribution in [0.1, 0.15) is 66.7 Å². The fraction of sp³-hybridized carbons (Fsp3) is 0.625. The highest BCUT2D eigenvalue weighted by atomic mass is 16.8. The normalized spacial score (nSPS) is 31.2. The van der Waals surface area contributed by atoms with E-state index < -0.39 is 42.2 Å². The summed E-state index contributed by atoms with van der Waals surface area (Å²) in [5.41, 5.74) is 2.13. The summed E-state index contributed by atoms with van der Waals surface area (Å²) in [5, 5.41) is 0. The van der Waals surface area contributed by atoms with Crippen LogP contribution in [0, 0.1) is 0 Å². The minimum absolute atomic E-state index is 0.264. The van der Waals surface area contributed by atoms with Gasteiger partial charge >= 0.3 is 17.9 Å². The van der Waals surface area contributed by atoms with E-state index in [1.165, 1.54) is 31.1 Å². The first-order chi connectivity index (χ1) is 15.1. The number of epoxide rings is 1. The molecule has 0 bridgehead atoms. The number of cyclic esters (lactones) is 1. The number of rotatable bonds is 9.